The Morgan fingerprint density at radius 2 is 2.11 bits per heavy atom. The molecule has 1 aromatic carbocycles. The summed E-state index contributed by atoms with van der Waals surface area (Å²) in [4.78, 5) is 18.2. The van der Waals surface area contributed by atoms with E-state index in [0.29, 0.717) is 17.9 Å². The highest BCUT2D eigenvalue weighted by Gasteiger charge is 2.26. The molecule has 1 amide bonds. The highest BCUT2D eigenvalue weighted by molar-refractivity contribution is 6.07. The van der Waals surface area contributed by atoms with E-state index in [1.165, 1.54) is 0 Å². The summed E-state index contributed by atoms with van der Waals surface area (Å²) in [5.41, 5.74) is 1.54. The monoisotopic (exact) mass is 240 g/mol. The van der Waals surface area contributed by atoms with Crippen LogP contribution in [0.4, 0.5) is 5.82 Å². The zero-order valence-corrected chi connectivity index (χ0v) is 9.71. The average molecular weight is 240 g/mol. The zero-order valence-electron chi connectivity index (χ0n) is 9.71. The number of pyridine rings is 1. The standard InChI is InChI=1S/C14H12N2O2/c17-11-4-5-12-10(9-11)6-8-16(14(12)18)13-3-1-2-7-15-13/h1-5,7,9,17H,6,8H2. The summed E-state index contributed by atoms with van der Waals surface area (Å²) < 4.78 is 0. The molecule has 4 heteroatoms. The van der Waals surface area contributed by atoms with Crippen LogP contribution in [0.1, 0.15) is 15.9 Å². The molecule has 3 rings (SSSR count). The molecule has 0 bridgehead atoms. The van der Waals surface area contributed by atoms with Gasteiger partial charge in [-0.2, -0.15) is 0 Å². The van der Waals surface area contributed by atoms with Crippen LogP contribution in [0, 0.1) is 0 Å². The summed E-state index contributed by atoms with van der Waals surface area (Å²) in [5.74, 6) is 0.809. The van der Waals surface area contributed by atoms with Crippen molar-refractivity contribution in [3.05, 3.63) is 53.7 Å². The predicted octanol–water partition coefficient (Wildman–Crippen LogP) is 1.99. The number of carbonyl (C=O) groups excluding carboxylic acids is 1. The second-order valence-corrected chi connectivity index (χ2v) is 4.24. The molecule has 0 saturated heterocycles. The average Bonchev–Trinajstić information content (AvgIpc) is 2.40. The van der Waals surface area contributed by atoms with Crippen LogP contribution in [0.2, 0.25) is 0 Å². The predicted molar refractivity (Wildman–Crippen MR) is 67.7 cm³/mol. The van der Waals surface area contributed by atoms with Gasteiger partial charge in [0, 0.05) is 18.3 Å². The van der Waals surface area contributed by atoms with E-state index in [4.69, 9.17) is 0 Å². The van der Waals surface area contributed by atoms with E-state index < -0.39 is 0 Å². The van der Waals surface area contributed by atoms with Crippen molar-refractivity contribution in [2.45, 2.75) is 6.42 Å². The maximum atomic E-state index is 12.3. The Balaban J connectivity index is 2.00. The maximum Gasteiger partial charge on any atom is 0.259 e. The van der Waals surface area contributed by atoms with Gasteiger partial charge in [0.05, 0.1) is 0 Å². The molecule has 1 aromatic heterocycles. The van der Waals surface area contributed by atoms with Gasteiger partial charge in [-0.3, -0.25) is 9.69 Å². The van der Waals surface area contributed by atoms with Gasteiger partial charge in [-0.1, -0.05) is 6.07 Å². The molecule has 2 heterocycles. The van der Waals surface area contributed by atoms with Crippen molar-refractivity contribution < 1.29 is 9.90 Å². The molecule has 0 unspecified atom stereocenters. The van der Waals surface area contributed by atoms with Gasteiger partial charge < -0.3 is 5.11 Å². The van der Waals surface area contributed by atoms with Crippen LogP contribution in [0.25, 0.3) is 0 Å². The molecule has 0 aliphatic carbocycles. The Labute approximate surface area is 105 Å². The van der Waals surface area contributed by atoms with E-state index in [2.05, 4.69) is 4.98 Å². The number of amides is 1. The lowest BCUT2D eigenvalue weighted by Crippen LogP contribution is -2.38. The maximum absolute atomic E-state index is 12.3. The third-order valence-electron chi connectivity index (χ3n) is 3.09. The van der Waals surface area contributed by atoms with Crippen LogP contribution < -0.4 is 4.90 Å². The molecule has 0 atom stereocenters. The van der Waals surface area contributed by atoms with E-state index in [1.54, 1.807) is 29.3 Å². The Kier molecular flexibility index (Phi) is 2.48. The van der Waals surface area contributed by atoms with Crippen LogP contribution in [-0.4, -0.2) is 22.5 Å². The van der Waals surface area contributed by atoms with Crippen LogP contribution in [0.3, 0.4) is 0 Å². The summed E-state index contributed by atoms with van der Waals surface area (Å²) in [6.45, 7) is 0.590. The summed E-state index contributed by atoms with van der Waals surface area (Å²) in [7, 11) is 0. The third-order valence-corrected chi connectivity index (χ3v) is 3.09. The van der Waals surface area contributed by atoms with Gasteiger partial charge in [-0.25, -0.2) is 4.98 Å². The van der Waals surface area contributed by atoms with Gasteiger partial charge in [0.25, 0.3) is 5.91 Å². The topological polar surface area (TPSA) is 53.4 Å². The minimum absolute atomic E-state index is 0.0602. The number of hydrogen-bond acceptors (Lipinski definition) is 3. The highest BCUT2D eigenvalue weighted by Crippen LogP contribution is 2.25. The fraction of sp³-hybridized carbons (Fsp3) is 0.143. The lowest BCUT2D eigenvalue weighted by Gasteiger charge is -2.27. The van der Waals surface area contributed by atoms with Crippen LogP contribution in [0.5, 0.6) is 5.75 Å². The first-order chi connectivity index (χ1) is 8.75. The summed E-state index contributed by atoms with van der Waals surface area (Å²) in [6, 6.07) is 10.4. The lowest BCUT2D eigenvalue weighted by atomic mass is 9.98. The molecular formula is C14H12N2O2. The van der Waals surface area contributed by atoms with E-state index in [0.717, 1.165) is 12.0 Å². The highest BCUT2D eigenvalue weighted by atomic mass is 16.3. The van der Waals surface area contributed by atoms with Crippen molar-refractivity contribution in [3.63, 3.8) is 0 Å². The largest absolute Gasteiger partial charge is 0.508 e. The van der Waals surface area contributed by atoms with E-state index in [-0.39, 0.29) is 11.7 Å². The second kappa shape index (κ2) is 4.14. The van der Waals surface area contributed by atoms with Crippen molar-refractivity contribution in [2.24, 2.45) is 0 Å². The number of benzene rings is 1. The Bertz CT molecular complexity index is 596. The molecule has 1 N–H and O–H groups in total. The van der Waals surface area contributed by atoms with E-state index in [1.807, 2.05) is 18.2 Å². The van der Waals surface area contributed by atoms with Gasteiger partial charge in [0.15, 0.2) is 0 Å². The van der Waals surface area contributed by atoms with Crippen molar-refractivity contribution in [2.75, 3.05) is 11.4 Å². The summed E-state index contributed by atoms with van der Waals surface area (Å²) in [5, 5.41) is 9.42. The van der Waals surface area contributed by atoms with Crippen molar-refractivity contribution in [1.29, 1.82) is 0 Å². The van der Waals surface area contributed by atoms with Gasteiger partial charge in [0.1, 0.15) is 11.6 Å². The van der Waals surface area contributed by atoms with Gasteiger partial charge in [0.2, 0.25) is 0 Å². The summed E-state index contributed by atoms with van der Waals surface area (Å²) in [6.07, 6.45) is 2.40. The van der Waals surface area contributed by atoms with Gasteiger partial charge >= 0.3 is 0 Å². The Hall–Kier alpha value is -2.36. The number of fused-ring (bicyclic) bond motifs is 1. The number of carbonyl (C=O) groups is 1. The molecule has 0 saturated carbocycles. The first kappa shape index (κ1) is 10.8. The van der Waals surface area contributed by atoms with Crippen molar-refractivity contribution >= 4 is 11.7 Å². The first-order valence-electron chi connectivity index (χ1n) is 5.80. The number of aromatic nitrogens is 1. The van der Waals surface area contributed by atoms with Crippen LogP contribution >= 0.6 is 0 Å². The zero-order chi connectivity index (χ0) is 12.5. The third kappa shape index (κ3) is 1.72. The molecular weight excluding hydrogens is 228 g/mol. The first-order valence-corrected chi connectivity index (χ1v) is 5.80. The number of aromatic hydroxyl groups is 1. The quantitative estimate of drug-likeness (QED) is 0.829. The van der Waals surface area contributed by atoms with E-state index >= 15 is 0 Å². The normalized spacial score (nSPS) is 14.4. The van der Waals surface area contributed by atoms with Crippen LogP contribution in [-0.2, 0) is 6.42 Å². The smallest absolute Gasteiger partial charge is 0.259 e. The number of anilines is 1. The number of phenols is 1. The Morgan fingerprint density at radius 3 is 2.89 bits per heavy atom. The second-order valence-electron chi connectivity index (χ2n) is 4.24. The van der Waals surface area contributed by atoms with Crippen LogP contribution in [0.15, 0.2) is 42.6 Å². The minimum atomic E-state index is -0.0602. The number of phenolic OH excluding ortho intramolecular Hbond substituents is 1. The van der Waals surface area contributed by atoms with Gasteiger partial charge in [-0.05, 0) is 42.3 Å². The number of nitrogens with zero attached hydrogens (tertiary/aromatic N) is 2. The molecule has 90 valence electrons. The SMILES string of the molecule is O=C1c2ccc(O)cc2CCN1c1ccccn1. The fourth-order valence-electron chi connectivity index (χ4n) is 2.21. The lowest BCUT2D eigenvalue weighted by molar-refractivity contribution is 0.0980. The van der Waals surface area contributed by atoms with Gasteiger partial charge in [-0.15, -0.1) is 0 Å². The molecule has 0 radical (unpaired) electrons. The molecule has 2 aromatic rings. The Morgan fingerprint density at radius 1 is 1.22 bits per heavy atom. The van der Waals surface area contributed by atoms with Crippen molar-refractivity contribution in [1.82, 2.24) is 4.98 Å². The molecule has 1 aliphatic heterocycles. The minimum Gasteiger partial charge on any atom is -0.508 e. The molecule has 18 heavy (non-hydrogen) atoms. The van der Waals surface area contributed by atoms with E-state index in [9.17, 15) is 9.90 Å². The molecule has 1 aliphatic rings. The van der Waals surface area contributed by atoms with Crippen molar-refractivity contribution in [3.8, 4) is 5.75 Å². The number of hydrogen-bond donors (Lipinski definition) is 1. The summed E-state index contributed by atoms with van der Waals surface area (Å²) >= 11 is 0. The number of rotatable bonds is 1. The molecule has 4 nitrogen and oxygen atoms in total. The molecule has 0 fully saturated rings. The fourth-order valence-corrected chi connectivity index (χ4v) is 2.21. The molecule has 0 spiro atoms.